The van der Waals surface area contributed by atoms with Gasteiger partial charge in [0.25, 0.3) is 0 Å². The van der Waals surface area contributed by atoms with Crippen molar-refractivity contribution in [3.05, 3.63) is 0 Å². The van der Waals surface area contributed by atoms with E-state index >= 15 is 0 Å². The van der Waals surface area contributed by atoms with Crippen molar-refractivity contribution in [2.45, 2.75) is 67.2 Å². The van der Waals surface area contributed by atoms with E-state index < -0.39 is 0 Å². The van der Waals surface area contributed by atoms with E-state index in [1.165, 1.54) is 6.42 Å². The highest BCUT2D eigenvalue weighted by atomic mass is 16.1. The standard InChI is InChI=1S/C5H10O.C4H8O.C3H8/c1-3-5(6)4-2;1-3-4(2)5;1-3-2/h3-4H2,1-2H3;3H2,1-2H3;3H2,1-2H3. The van der Waals surface area contributed by atoms with Crippen LogP contribution >= 0.6 is 0 Å². The molecule has 0 amide bonds. The van der Waals surface area contributed by atoms with Crippen LogP contribution < -0.4 is 0 Å². The van der Waals surface area contributed by atoms with Crippen LogP contribution in [0.5, 0.6) is 0 Å². The summed E-state index contributed by atoms with van der Waals surface area (Å²) < 4.78 is 0. The molecular formula is C12H26O2. The van der Waals surface area contributed by atoms with Gasteiger partial charge in [0.15, 0.2) is 0 Å². The monoisotopic (exact) mass is 202 g/mol. The average Bonchev–Trinajstić information content (AvgIpc) is 2.18. The zero-order chi connectivity index (χ0) is 12.0. The van der Waals surface area contributed by atoms with Crippen LogP contribution in [0.4, 0.5) is 0 Å². The molecule has 0 N–H and O–H groups in total. The third kappa shape index (κ3) is 42.5. The van der Waals surface area contributed by atoms with Crippen LogP contribution in [0.15, 0.2) is 0 Å². The number of Topliss-reactive ketones (excluding diaryl/α,β-unsaturated/α-hetero) is 2. The number of ketones is 2. The molecule has 0 saturated heterocycles. The first-order chi connectivity index (χ1) is 6.49. The summed E-state index contributed by atoms with van der Waals surface area (Å²) in [5, 5.41) is 0. The number of hydrogen-bond acceptors (Lipinski definition) is 2. The summed E-state index contributed by atoms with van der Waals surface area (Å²) in [6.07, 6.45) is 3.30. The maximum atomic E-state index is 10.2. The van der Waals surface area contributed by atoms with E-state index in [0.717, 1.165) is 0 Å². The van der Waals surface area contributed by atoms with Gasteiger partial charge >= 0.3 is 0 Å². The van der Waals surface area contributed by atoms with Crippen molar-refractivity contribution >= 4 is 11.6 Å². The molecule has 0 aliphatic carbocycles. The largest absolute Gasteiger partial charge is 0.300 e. The second-order valence-corrected chi connectivity index (χ2v) is 3.01. The summed E-state index contributed by atoms with van der Waals surface area (Å²) in [6.45, 7) is 11.4. The lowest BCUT2D eigenvalue weighted by molar-refractivity contribution is -0.118. The Morgan fingerprint density at radius 1 is 0.786 bits per heavy atom. The summed E-state index contributed by atoms with van der Waals surface area (Å²) in [5.74, 6) is 0.597. The molecule has 0 rings (SSSR count). The molecular weight excluding hydrogens is 176 g/mol. The minimum Gasteiger partial charge on any atom is -0.300 e. The van der Waals surface area contributed by atoms with Crippen LogP contribution in [0.3, 0.4) is 0 Å². The minimum atomic E-state index is 0.255. The van der Waals surface area contributed by atoms with Gasteiger partial charge in [0.1, 0.15) is 11.6 Å². The lowest BCUT2D eigenvalue weighted by Crippen LogP contribution is -1.88. The SMILES string of the molecule is CCC.CCC(=O)CC.CCC(C)=O. The van der Waals surface area contributed by atoms with Crippen LogP contribution in [0.25, 0.3) is 0 Å². The highest BCUT2D eigenvalue weighted by molar-refractivity contribution is 5.77. The first-order valence-corrected chi connectivity index (χ1v) is 5.50. The molecule has 0 unspecified atom stereocenters. The van der Waals surface area contributed by atoms with Crippen molar-refractivity contribution in [2.24, 2.45) is 0 Å². The Balaban J connectivity index is -0.000000138. The molecule has 0 spiro atoms. The van der Waals surface area contributed by atoms with E-state index in [2.05, 4.69) is 13.8 Å². The quantitative estimate of drug-likeness (QED) is 0.698. The predicted octanol–water partition coefficient (Wildman–Crippen LogP) is 3.78. The Morgan fingerprint density at radius 2 is 1.00 bits per heavy atom. The molecule has 0 fully saturated rings. The summed E-state index contributed by atoms with van der Waals surface area (Å²) in [5.41, 5.74) is 0. The van der Waals surface area contributed by atoms with E-state index in [9.17, 15) is 9.59 Å². The Labute approximate surface area is 89.1 Å². The second kappa shape index (κ2) is 18.2. The van der Waals surface area contributed by atoms with Gasteiger partial charge in [0.2, 0.25) is 0 Å². The number of hydrogen-bond donors (Lipinski definition) is 0. The maximum absolute atomic E-state index is 10.2. The zero-order valence-corrected chi connectivity index (χ0v) is 10.6. The fourth-order valence-corrected chi connectivity index (χ4v) is 0.250. The van der Waals surface area contributed by atoms with Crippen LogP contribution in [-0.2, 0) is 9.59 Å². The van der Waals surface area contributed by atoms with Crippen LogP contribution in [0.2, 0.25) is 0 Å². The van der Waals surface area contributed by atoms with Gasteiger partial charge in [-0.05, 0) is 6.92 Å². The van der Waals surface area contributed by atoms with E-state index in [1.54, 1.807) is 6.92 Å². The van der Waals surface area contributed by atoms with Crippen molar-refractivity contribution in [2.75, 3.05) is 0 Å². The lowest BCUT2D eigenvalue weighted by atomic mass is 10.3. The van der Waals surface area contributed by atoms with Crippen molar-refractivity contribution in [3.8, 4) is 0 Å². The number of rotatable bonds is 3. The average molecular weight is 202 g/mol. The normalized spacial score (nSPS) is 7.57. The van der Waals surface area contributed by atoms with E-state index in [1.807, 2.05) is 20.8 Å². The molecule has 86 valence electrons. The molecule has 0 heterocycles. The molecule has 2 heteroatoms. The Bertz CT molecular complexity index is 122. The molecule has 0 bridgehead atoms. The highest BCUT2D eigenvalue weighted by Gasteiger charge is 1.86. The van der Waals surface area contributed by atoms with Gasteiger partial charge in [-0.15, -0.1) is 0 Å². The van der Waals surface area contributed by atoms with Crippen molar-refractivity contribution < 1.29 is 9.59 Å². The highest BCUT2D eigenvalue weighted by Crippen LogP contribution is 1.83. The summed E-state index contributed by atoms with van der Waals surface area (Å²) in [6, 6.07) is 0. The molecule has 14 heavy (non-hydrogen) atoms. The van der Waals surface area contributed by atoms with Gasteiger partial charge < -0.3 is 4.79 Å². The molecule has 0 saturated carbocycles. The molecule has 0 aliphatic heterocycles. The summed E-state index contributed by atoms with van der Waals surface area (Å²) in [4.78, 5) is 20.0. The van der Waals surface area contributed by atoms with Gasteiger partial charge in [-0.25, -0.2) is 0 Å². The fourth-order valence-electron chi connectivity index (χ4n) is 0.250. The Hall–Kier alpha value is -0.660. The van der Waals surface area contributed by atoms with E-state index in [-0.39, 0.29) is 5.78 Å². The first kappa shape index (κ1) is 19.0. The van der Waals surface area contributed by atoms with Gasteiger partial charge in [0.05, 0.1) is 0 Å². The van der Waals surface area contributed by atoms with Gasteiger partial charge in [0, 0.05) is 19.3 Å². The van der Waals surface area contributed by atoms with Crippen molar-refractivity contribution in [3.63, 3.8) is 0 Å². The van der Waals surface area contributed by atoms with E-state index in [0.29, 0.717) is 25.0 Å². The smallest absolute Gasteiger partial charge is 0.132 e. The van der Waals surface area contributed by atoms with Gasteiger partial charge in [-0.2, -0.15) is 0 Å². The molecule has 0 atom stereocenters. The van der Waals surface area contributed by atoms with Gasteiger partial charge in [-0.1, -0.05) is 41.0 Å². The number of carbonyl (C=O) groups excluding carboxylic acids is 2. The molecule has 0 aliphatic rings. The lowest BCUT2D eigenvalue weighted by Gasteiger charge is -1.81. The maximum Gasteiger partial charge on any atom is 0.132 e. The van der Waals surface area contributed by atoms with E-state index in [4.69, 9.17) is 0 Å². The molecule has 0 aromatic heterocycles. The molecule has 0 aromatic carbocycles. The second-order valence-electron chi connectivity index (χ2n) is 3.01. The van der Waals surface area contributed by atoms with Crippen LogP contribution in [0.1, 0.15) is 67.2 Å². The first-order valence-electron chi connectivity index (χ1n) is 5.50. The van der Waals surface area contributed by atoms with Crippen LogP contribution in [0, 0.1) is 0 Å². The molecule has 0 aromatic rings. The number of carbonyl (C=O) groups is 2. The zero-order valence-electron chi connectivity index (χ0n) is 10.6. The van der Waals surface area contributed by atoms with Crippen molar-refractivity contribution in [1.29, 1.82) is 0 Å². The Kier molecular flexibility index (Phi) is 24.7. The van der Waals surface area contributed by atoms with Crippen LogP contribution in [-0.4, -0.2) is 11.6 Å². The van der Waals surface area contributed by atoms with Gasteiger partial charge in [-0.3, -0.25) is 4.79 Å². The van der Waals surface area contributed by atoms with Crippen molar-refractivity contribution in [1.82, 2.24) is 0 Å². The molecule has 0 radical (unpaired) electrons. The topological polar surface area (TPSA) is 34.1 Å². The summed E-state index contributed by atoms with van der Waals surface area (Å²) in [7, 11) is 0. The predicted molar refractivity (Wildman–Crippen MR) is 62.5 cm³/mol. The Morgan fingerprint density at radius 3 is 1.00 bits per heavy atom. The summed E-state index contributed by atoms with van der Waals surface area (Å²) >= 11 is 0. The fraction of sp³-hybridized carbons (Fsp3) is 0.833. The minimum absolute atomic E-state index is 0.255. The third-order valence-electron chi connectivity index (χ3n) is 1.29. The molecule has 2 nitrogen and oxygen atoms in total. The third-order valence-corrected chi connectivity index (χ3v) is 1.29.